The van der Waals surface area contributed by atoms with Gasteiger partial charge in [-0.05, 0) is 12.8 Å². The fraction of sp³-hybridized carbons (Fsp3) is 0.833. The molecule has 4 nitrogen and oxygen atoms in total. The maximum Gasteiger partial charge on any atom is 0.235 e. The summed E-state index contributed by atoms with van der Waals surface area (Å²) in [6.07, 6.45) is 3.89. The van der Waals surface area contributed by atoms with Gasteiger partial charge >= 0.3 is 0 Å². The summed E-state index contributed by atoms with van der Waals surface area (Å²) in [5.74, 6) is -0.0863. The van der Waals surface area contributed by atoms with Crippen molar-refractivity contribution in [2.24, 2.45) is 5.41 Å². The zero-order chi connectivity index (χ0) is 12.2. The van der Waals surface area contributed by atoms with Crippen molar-refractivity contribution < 1.29 is 14.7 Å². The van der Waals surface area contributed by atoms with Crippen LogP contribution >= 0.6 is 0 Å². The number of aliphatic hydroxyl groups excluding tert-OH is 1. The monoisotopic (exact) mass is 227 g/mol. The van der Waals surface area contributed by atoms with Gasteiger partial charge < -0.3 is 5.11 Å². The predicted molar refractivity (Wildman–Crippen MR) is 60.7 cm³/mol. The quantitative estimate of drug-likeness (QED) is 0.550. The molecule has 0 spiro atoms. The van der Waals surface area contributed by atoms with Gasteiger partial charge in [-0.1, -0.05) is 26.7 Å². The Kier molecular flexibility index (Phi) is 4.47. The largest absolute Gasteiger partial charge is 0.396 e. The smallest absolute Gasteiger partial charge is 0.235 e. The van der Waals surface area contributed by atoms with Gasteiger partial charge in [-0.2, -0.15) is 0 Å². The summed E-state index contributed by atoms with van der Waals surface area (Å²) in [7, 11) is 0. The fourth-order valence-corrected chi connectivity index (χ4v) is 1.99. The molecule has 4 heteroatoms. The average Bonchev–Trinajstić information content (AvgIpc) is 2.39. The highest BCUT2D eigenvalue weighted by Crippen LogP contribution is 2.31. The van der Waals surface area contributed by atoms with Crippen molar-refractivity contribution in [1.82, 2.24) is 4.90 Å². The second-order valence-electron chi connectivity index (χ2n) is 5.05. The average molecular weight is 227 g/mol. The Bertz CT molecular complexity index is 273. The summed E-state index contributed by atoms with van der Waals surface area (Å²) in [5.41, 5.74) is -0.512. The van der Waals surface area contributed by atoms with Crippen LogP contribution < -0.4 is 0 Å². The molecule has 1 aliphatic rings. The molecule has 0 unspecified atom stereocenters. The molecule has 1 rings (SSSR count). The Balaban J connectivity index is 2.32. The van der Waals surface area contributed by atoms with E-state index < -0.39 is 5.41 Å². The highest BCUT2D eigenvalue weighted by Gasteiger charge is 2.44. The molecule has 0 bridgehead atoms. The van der Waals surface area contributed by atoms with E-state index in [9.17, 15) is 9.59 Å². The van der Waals surface area contributed by atoms with Crippen LogP contribution in [0.15, 0.2) is 0 Å². The summed E-state index contributed by atoms with van der Waals surface area (Å²) < 4.78 is 0. The highest BCUT2D eigenvalue weighted by atomic mass is 16.3. The number of rotatable bonds is 6. The third-order valence-electron chi connectivity index (χ3n) is 3.01. The van der Waals surface area contributed by atoms with Gasteiger partial charge in [0.05, 0.1) is 5.41 Å². The SMILES string of the molecule is CC1(C)CC(=O)N(CCCCCCO)C1=O. The van der Waals surface area contributed by atoms with Gasteiger partial charge in [-0.25, -0.2) is 0 Å². The highest BCUT2D eigenvalue weighted by molar-refractivity contribution is 6.05. The Morgan fingerprint density at radius 2 is 1.81 bits per heavy atom. The summed E-state index contributed by atoms with van der Waals surface area (Å²) in [4.78, 5) is 24.8. The molecule has 92 valence electrons. The first-order chi connectivity index (χ1) is 7.49. The van der Waals surface area contributed by atoms with Gasteiger partial charge in [0.2, 0.25) is 11.8 Å². The van der Waals surface area contributed by atoms with E-state index in [-0.39, 0.29) is 18.4 Å². The lowest BCUT2D eigenvalue weighted by atomic mass is 9.92. The van der Waals surface area contributed by atoms with Gasteiger partial charge in [0.25, 0.3) is 0 Å². The lowest BCUT2D eigenvalue weighted by Crippen LogP contribution is -2.33. The van der Waals surface area contributed by atoms with E-state index in [1.54, 1.807) is 0 Å². The molecule has 1 saturated heterocycles. The molecule has 0 aromatic heterocycles. The number of hydrogen-bond acceptors (Lipinski definition) is 3. The summed E-state index contributed by atoms with van der Waals surface area (Å²) >= 11 is 0. The van der Waals surface area contributed by atoms with Crippen molar-refractivity contribution in [3.8, 4) is 0 Å². The second kappa shape index (κ2) is 5.43. The Morgan fingerprint density at radius 1 is 1.19 bits per heavy atom. The second-order valence-corrected chi connectivity index (χ2v) is 5.05. The third kappa shape index (κ3) is 3.04. The zero-order valence-electron chi connectivity index (χ0n) is 10.2. The van der Waals surface area contributed by atoms with Gasteiger partial charge in [0, 0.05) is 19.6 Å². The van der Waals surface area contributed by atoms with Gasteiger partial charge in [-0.3, -0.25) is 14.5 Å². The molecule has 0 saturated carbocycles. The lowest BCUT2D eigenvalue weighted by molar-refractivity contribution is -0.140. The van der Waals surface area contributed by atoms with Crippen molar-refractivity contribution in [2.45, 2.75) is 46.0 Å². The molecule has 1 heterocycles. The standard InChI is InChI=1S/C12H21NO3/c1-12(2)9-10(15)13(11(12)16)7-5-3-4-6-8-14/h14H,3-9H2,1-2H3. The molecular formula is C12H21NO3. The van der Waals surface area contributed by atoms with Crippen molar-refractivity contribution >= 4 is 11.8 Å². The van der Waals surface area contributed by atoms with Crippen molar-refractivity contribution in [2.75, 3.05) is 13.2 Å². The molecule has 0 aromatic rings. The minimum Gasteiger partial charge on any atom is -0.396 e. The van der Waals surface area contributed by atoms with Crippen LogP contribution in [0.2, 0.25) is 0 Å². The molecule has 2 amide bonds. The van der Waals surface area contributed by atoms with Crippen LogP contribution in [0.1, 0.15) is 46.0 Å². The number of carbonyl (C=O) groups excluding carboxylic acids is 2. The topological polar surface area (TPSA) is 57.6 Å². The molecule has 0 atom stereocenters. The van der Waals surface area contributed by atoms with Crippen LogP contribution in [0.4, 0.5) is 0 Å². The van der Waals surface area contributed by atoms with Gasteiger partial charge in [-0.15, -0.1) is 0 Å². The Labute approximate surface area is 96.6 Å². The molecule has 1 N–H and O–H groups in total. The number of carbonyl (C=O) groups is 2. The van der Waals surface area contributed by atoms with E-state index >= 15 is 0 Å². The minimum absolute atomic E-state index is 0.0420. The minimum atomic E-state index is -0.512. The Morgan fingerprint density at radius 3 is 2.31 bits per heavy atom. The van der Waals surface area contributed by atoms with Gasteiger partial charge in [0.15, 0.2) is 0 Å². The van der Waals surface area contributed by atoms with E-state index in [0.29, 0.717) is 13.0 Å². The molecule has 1 aliphatic heterocycles. The Hall–Kier alpha value is -0.900. The first kappa shape index (κ1) is 13.2. The van der Waals surface area contributed by atoms with E-state index in [1.165, 1.54) is 4.90 Å². The summed E-state index contributed by atoms with van der Waals surface area (Å²) in [6, 6.07) is 0. The van der Waals surface area contributed by atoms with Crippen LogP contribution in [0.25, 0.3) is 0 Å². The van der Waals surface area contributed by atoms with E-state index in [0.717, 1.165) is 25.7 Å². The van der Waals surface area contributed by atoms with E-state index in [1.807, 2.05) is 13.8 Å². The van der Waals surface area contributed by atoms with Crippen LogP contribution in [0.5, 0.6) is 0 Å². The summed E-state index contributed by atoms with van der Waals surface area (Å²) in [5, 5.41) is 8.61. The molecule has 0 radical (unpaired) electrons. The van der Waals surface area contributed by atoms with Crippen LogP contribution in [0.3, 0.4) is 0 Å². The molecule has 16 heavy (non-hydrogen) atoms. The van der Waals surface area contributed by atoms with Crippen LogP contribution in [-0.4, -0.2) is 35.0 Å². The molecule has 0 aliphatic carbocycles. The number of likely N-dealkylation sites (tertiary alicyclic amines) is 1. The maximum absolute atomic E-state index is 11.8. The summed E-state index contributed by atoms with van der Waals surface area (Å²) in [6.45, 7) is 4.39. The fourth-order valence-electron chi connectivity index (χ4n) is 1.99. The number of hydrogen-bond donors (Lipinski definition) is 1. The lowest BCUT2D eigenvalue weighted by Gasteiger charge is -2.17. The van der Waals surface area contributed by atoms with Crippen LogP contribution in [-0.2, 0) is 9.59 Å². The van der Waals surface area contributed by atoms with Crippen molar-refractivity contribution in [1.29, 1.82) is 0 Å². The number of aliphatic hydroxyl groups is 1. The van der Waals surface area contributed by atoms with E-state index in [2.05, 4.69) is 0 Å². The van der Waals surface area contributed by atoms with E-state index in [4.69, 9.17) is 5.11 Å². The van der Waals surface area contributed by atoms with Gasteiger partial charge in [0.1, 0.15) is 0 Å². The third-order valence-corrected chi connectivity index (χ3v) is 3.01. The van der Waals surface area contributed by atoms with Crippen molar-refractivity contribution in [3.05, 3.63) is 0 Å². The number of imide groups is 1. The first-order valence-electron chi connectivity index (χ1n) is 5.95. The number of unbranched alkanes of at least 4 members (excludes halogenated alkanes) is 3. The molecular weight excluding hydrogens is 206 g/mol. The normalized spacial score (nSPS) is 19.6. The molecule has 1 fully saturated rings. The number of nitrogens with zero attached hydrogens (tertiary/aromatic N) is 1. The van der Waals surface area contributed by atoms with Crippen LogP contribution in [0, 0.1) is 5.41 Å². The predicted octanol–water partition coefficient (Wildman–Crippen LogP) is 1.32. The maximum atomic E-state index is 11.8. The van der Waals surface area contributed by atoms with Crippen molar-refractivity contribution in [3.63, 3.8) is 0 Å². The molecule has 0 aromatic carbocycles. The zero-order valence-corrected chi connectivity index (χ0v) is 10.2. The number of amides is 2. The first-order valence-corrected chi connectivity index (χ1v) is 5.95.